The number of benzene rings is 2. The first kappa shape index (κ1) is 19.2. The van der Waals surface area contributed by atoms with Gasteiger partial charge >= 0.3 is 5.97 Å². The van der Waals surface area contributed by atoms with Crippen LogP contribution < -0.4 is 14.8 Å². The van der Waals surface area contributed by atoms with Crippen molar-refractivity contribution in [3.8, 4) is 11.5 Å². The van der Waals surface area contributed by atoms with Crippen molar-refractivity contribution >= 4 is 11.9 Å². The molecule has 2 aromatic carbocycles. The molecule has 2 rings (SSSR count). The predicted molar refractivity (Wildman–Crippen MR) is 92.8 cm³/mol. The summed E-state index contributed by atoms with van der Waals surface area (Å²) >= 11 is 0. The van der Waals surface area contributed by atoms with E-state index in [9.17, 15) is 14.0 Å². The van der Waals surface area contributed by atoms with Crippen molar-refractivity contribution in [2.45, 2.75) is 19.9 Å². The summed E-state index contributed by atoms with van der Waals surface area (Å²) in [6, 6.07) is 10.8. The number of carboxylic acid groups (broad SMARTS) is 1. The molecule has 0 bridgehead atoms. The number of rotatable bonds is 8. The number of amides is 1. The Kier molecular flexibility index (Phi) is 6.54. The molecule has 0 saturated heterocycles. The highest BCUT2D eigenvalue weighted by molar-refractivity contribution is 5.78. The number of hydrogen-bond donors (Lipinski definition) is 2. The summed E-state index contributed by atoms with van der Waals surface area (Å²) < 4.78 is 23.9. The molecular formula is C19H20FNO5. The van der Waals surface area contributed by atoms with Crippen LogP contribution in [0, 0.1) is 12.7 Å². The third-order valence-electron chi connectivity index (χ3n) is 3.57. The lowest BCUT2D eigenvalue weighted by atomic mass is 10.1. The van der Waals surface area contributed by atoms with Gasteiger partial charge in [-0.2, -0.15) is 0 Å². The standard InChI is InChI=1S/C19H20FNO5/c1-12-3-8-16(20)17(9-12)26-10-18(22)21-13(2)14-4-6-15(7-5-14)25-11-19(23)24/h3-9,13H,10-11H2,1-2H3,(H,21,22)(H,23,24). The second-order valence-corrected chi connectivity index (χ2v) is 5.76. The van der Waals surface area contributed by atoms with Crippen LogP contribution in [0.4, 0.5) is 4.39 Å². The number of ether oxygens (including phenoxy) is 2. The third-order valence-corrected chi connectivity index (χ3v) is 3.57. The second kappa shape index (κ2) is 8.84. The number of aliphatic carboxylic acids is 1. The van der Waals surface area contributed by atoms with Crippen LogP contribution in [-0.2, 0) is 9.59 Å². The van der Waals surface area contributed by atoms with Gasteiger partial charge in [-0.25, -0.2) is 9.18 Å². The molecule has 0 saturated carbocycles. The molecule has 2 aromatic rings. The quantitative estimate of drug-likeness (QED) is 0.755. The van der Waals surface area contributed by atoms with Crippen molar-refractivity contribution in [2.24, 2.45) is 0 Å². The third kappa shape index (κ3) is 5.77. The van der Waals surface area contributed by atoms with Crippen molar-refractivity contribution < 1.29 is 28.6 Å². The van der Waals surface area contributed by atoms with E-state index < -0.39 is 18.4 Å². The van der Waals surface area contributed by atoms with Gasteiger partial charge in [-0.15, -0.1) is 0 Å². The van der Waals surface area contributed by atoms with Gasteiger partial charge in [0.15, 0.2) is 24.8 Å². The van der Waals surface area contributed by atoms with Crippen LogP contribution in [0.15, 0.2) is 42.5 Å². The Hall–Kier alpha value is -3.09. The maximum atomic E-state index is 13.6. The molecule has 0 aromatic heterocycles. The van der Waals surface area contributed by atoms with E-state index in [0.717, 1.165) is 11.1 Å². The van der Waals surface area contributed by atoms with E-state index in [4.69, 9.17) is 14.6 Å². The van der Waals surface area contributed by atoms with Gasteiger partial charge in [-0.1, -0.05) is 18.2 Å². The number of carbonyl (C=O) groups is 2. The fourth-order valence-electron chi connectivity index (χ4n) is 2.23. The monoisotopic (exact) mass is 361 g/mol. The number of aryl methyl sites for hydroxylation is 1. The summed E-state index contributed by atoms with van der Waals surface area (Å²) in [4.78, 5) is 22.5. The van der Waals surface area contributed by atoms with E-state index in [1.165, 1.54) is 12.1 Å². The minimum absolute atomic E-state index is 0.0349. The van der Waals surface area contributed by atoms with Gasteiger partial charge < -0.3 is 19.9 Å². The van der Waals surface area contributed by atoms with E-state index in [1.807, 2.05) is 0 Å². The molecule has 1 amide bonds. The zero-order valence-electron chi connectivity index (χ0n) is 14.5. The van der Waals surface area contributed by atoms with Crippen molar-refractivity contribution in [3.63, 3.8) is 0 Å². The fourth-order valence-corrected chi connectivity index (χ4v) is 2.23. The Labute approximate surface area is 150 Å². The maximum Gasteiger partial charge on any atom is 0.341 e. The number of hydrogen-bond acceptors (Lipinski definition) is 4. The Balaban J connectivity index is 1.86. The number of nitrogens with one attached hydrogen (secondary N) is 1. The van der Waals surface area contributed by atoms with E-state index in [-0.39, 0.29) is 24.3 Å². The van der Waals surface area contributed by atoms with E-state index >= 15 is 0 Å². The fraction of sp³-hybridized carbons (Fsp3) is 0.263. The Morgan fingerprint density at radius 1 is 1.12 bits per heavy atom. The molecule has 138 valence electrons. The first-order chi connectivity index (χ1) is 12.3. The SMILES string of the molecule is Cc1ccc(F)c(OCC(=O)NC(C)c2ccc(OCC(=O)O)cc2)c1. The molecule has 0 heterocycles. The van der Waals surface area contributed by atoms with Crippen LogP contribution in [0.5, 0.6) is 11.5 Å². The lowest BCUT2D eigenvalue weighted by molar-refractivity contribution is -0.139. The summed E-state index contributed by atoms with van der Waals surface area (Å²) in [6.07, 6.45) is 0. The van der Waals surface area contributed by atoms with Gasteiger partial charge in [-0.3, -0.25) is 4.79 Å². The van der Waals surface area contributed by atoms with Crippen LogP contribution in [0.25, 0.3) is 0 Å². The van der Waals surface area contributed by atoms with Gasteiger partial charge in [-0.05, 0) is 49.2 Å². The summed E-state index contributed by atoms with van der Waals surface area (Å²) in [5.74, 6) is -1.50. The summed E-state index contributed by atoms with van der Waals surface area (Å²) in [7, 11) is 0. The summed E-state index contributed by atoms with van der Waals surface area (Å²) in [5.41, 5.74) is 1.64. The normalized spacial score (nSPS) is 11.5. The lowest BCUT2D eigenvalue weighted by Gasteiger charge is -2.15. The predicted octanol–water partition coefficient (Wildman–Crippen LogP) is 2.85. The van der Waals surface area contributed by atoms with Crippen molar-refractivity contribution in [2.75, 3.05) is 13.2 Å². The lowest BCUT2D eigenvalue weighted by Crippen LogP contribution is -2.31. The van der Waals surface area contributed by atoms with E-state index in [1.54, 1.807) is 44.2 Å². The van der Waals surface area contributed by atoms with Gasteiger partial charge in [0.2, 0.25) is 0 Å². The van der Waals surface area contributed by atoms with E-state index in [0.29, 0.717) is 5.75 Å². The molecule has 0 fully saturated rings. The Morgan fingerprint density at radius 2 is 1.81 bits per heavy atom. The smallest absolute Gasteiger partial charge is 0.341 e. The molecule has 0 spiro atoms. The average Bonchev–Trinajstić information content (AvgIpc) is 2.61. The highest BCUT2D eigenvalue weighted by atomic mass is 19.1. The van der Waals surface area contributed by atoms with Gasteiger partial charge in [0.25, 0.3) is 5.91 Å². The maximum absolute atomic E-state index is 13.6. The minimum atomic E-state index is -1.06. The van der Waals surface area contributed by atoms with Gasteiger partial charge in [0, 0.05) is 0 Å². The summed E-state index contributed by atoms with van der Waals surface area (Å²) in [5, 5.41) is 11.3. The number of halogens is 1. The van der Waals surface area contributed by atoms with Crippen LogP contribution in [0.2, 0.25) is 0 Å². The highest BCUT2D eigenvalue weighted by Crippen LogP contribution is 2.19. The van der Waals surface area contributed by atoms with Crippen molar-refractivity contribution in [1.82, 2.24) is 5.32 Å². The number of carbonyl (C=O) groups excluding carboxylic acids is 1. The molecule has 0 radical (unpaired) electrons. The van der Waals surface area contributed by atoms with Crippen LogP contribution >= 0.6 is 0 Å². The molecular weight excluding hydrogens is 341 g/mol. The van der Waals surface area contributed by atoms with Crippen LogP contribution in [0.1, 0.15) is 24.1 Å². The van der Waals surface area contributed by atoms with Gasteiger partial charge in [0.1, 0.15) is 5.75 Å². The Bertz CT molecular complexity index is 776. The van der Waals surface area contributed by atoms with Crippen LogP contribution in [-0.4, -0.2) is 30.2 Å². The molecule has 0 aliphatic rings. The largest absolute Gasteiger partial charge is 0.482 e. The average molecular weight is 361 g/mol. The molecule has 6 nitrogen and oxygen atoms in total. The first-order valence-electron chi connectivity index (χ1n) is 7.98. The molecule has 0 aliphatic carbocycles. The molecule has 26 heavy (non-hydrogen) atoms. The topological polar surface area (TPSA) is 84.9 Å². The first-order valence-corrected chi connectivity index (χ1v) is 7.98. The molecule has 1 atom stereocenters. The van der Waals surface area contributed by atoms with Crippen molar-refractivity contribution in [3.05, 3.63) is 59.4 Å². The van der Waals surface area contributed by atoms with E-state index in [2.05, 4.69) is 5.32 Å². The zero-order chi connectivity index (χ0) is 19.1. The minimum Gasteiger partial charge on any atom is -0.482 e. The summed E-state index contributed by atoms with van der Waals surface area (Å²) in [6.45, 7) is 2.87. The molecule has 7 heteroatoms. The number of carboxylic acids is 1. The highest BCUT2D eigenvalue weighted by Gasteiger charge is 2.12. The molecule has 1 unspecified atom stereocenters. The molecule has 0 aliphatic heterocycles. The van der Waals surface area contributed by atoms with Gasteiger partial charge in [0.05, 0.1) is 6.04 Å². The molecule has 2 N–H and O–H groups in total. The zero-order valence-corrected chi connectivity index (χ0v) is 14.5. The van der Waals surface area contributed by atoms with Crippen LogP contribution in [0.3, 0.4) is 0 Å². The van der Waals surface area contributed by atoms with Crippen molar-refractivity contribution in [1.29, 1.82) is 0 Å². The Morgan fingerprint density at radius 3 is 2.46 bits per heavy atom. The second-order valence-electron chi connectivity index (χ2n) is 5.76.